The predicted molar refractivity (Wildman–Crippen MR) is 92.4 cm³/mol. The Bertz CT molecular complexity index is 798. The fourth-order valence-corrected chi connectivity index (χ4v) is 2.48. The van der Waals surface area contributed by atoms with Gasteiger partial charge in [-0.25, -0.2) is 4.79 Å². The molecule has 1 aromatic heterocycles. The molecule has 7 nitrogen and oxygen atoms in total. The van der Waals surface area contributed by atoms with Gasteiger partial charge in [-0.2, -0.15) is 0 Å². The second kappa shape index (κ2) is 6.84. The van der Waals surface area contributed by atoms with Crippen LogP contribution in [-0.4, -0.2) is 29.4 Å². The highest BCUT2D eigenvalue weighted by Gasteiger charge is 2.21. The summed E-state index contributed by atoms with van der Waals surface area (Å²) in [6, 6.07) is 5.26. The van der Waals surface area contributed by atoms with Gasteiger partial charge in [0, 0.05) is 22.5 Å². The Morgan fingerprint density at radius 1 is 1.42 bits per heavy atom. The van der Waals surface area contributed by atoms with Crippen LogP contribution in [0.25, 0.3) is 21.3 Å². The molecule has 1 heterocycles. The summed E-state index contributed by atoms with van der Waals surface area (Å²) in [5, 5.41) is 4.58. The third-order valence-corrected chi connectivity index (χ3v) is 3.45. The molecule has 0 spiro atoms. The van der Waals surface area contributed by atoms with Gasteiger partial charge in [0.05, 0.1) is 12.6 Å². The number of ether oxygens (including phenoxy) is 2. The molecule has 0 unspecified atom stereocenters. The second-order valence-electron chi connectivity index (χ2n) is 6.65. The average Bonchev–Trinajstić information content (AvgIpc) is 2.84. The molecule has 0 saturated carbocycles. The zero-order chi connectivity index (χ0) is 17.9. The second-order valence-corrected chi connectivity index (χ2v) is 6.65. The third-order valence-electron chi connectivity index (χ3n) is 3.45. The zero-order valence-corrected chi connectivity index (χ0v) is 14.6. The summed E-state index contributed by atoms with van der Waals surface area (Å²) in [4.78, 5) is 15.3. The van der Waals surface area contributed by atoms with Crippen molar-refractivity contribution in [2.24, 2.45) is 5.11 Å². The maximum absolute atomic E-state index is 12.5. The first-order valence-electron chi connectivity index (χ1n) is 7.70. The topological polar surface area (TPSA) is 89.2 Å². The number of carbonyl (C=O) groups is 1. The summed E-state index contributed by atoms with van der Waals surface area (Å²) in [6.45, 7) is 7.30. The number of carbonyl (C=O) groups excluding carboxylic acids is 1. The lowest BCUT2D eigenvalue weighted by Gasteiger charge is -2.19. The highest BCUT2D eigenvalue weighted by Crippen LogP contribution is 2.28. The highest BCUT2D eigenvalue weighted by molar-refractivity contribution is 5.93. The molecule has 0 amide bonds. The molecule has 0 saturated heterocycles. The van der Waals surface area contributed by atoms with E-state index in [1.807, 2.05) is 39.8 Å². The van der Waals surface area contributed by atoms with Crippen molar-refractivity contribution in [3.8, 4) is 5.75 Å². The van der Waals surface area contributed by atoms with Crippen LogP contribution < -0.4 is 4.74 Å². The summed E-state index contributed by atoms with van der Waals surface area (Å²) in [5.41, 5.74) is 9.63. The smallest absolute Gasteiger partial charge is 0.419 e. The summed E-state index contributed by atoms with van der Waals surface area (Å²) in [5.74, 6) is 0.696. The van der Waals surface area contributed by atoms with E-state index in [-0.39, 0.29) is 6.04 Å². The molecule has 0 radical (unpaired) electrons. The molecule has 7 heteroatoms. The van der Waals surface area contributed by atoms with E-state index in [0.717, 1.165) is 16.5 Å². The average molecular weight is 330 g/mol. The van der Waals surface area contributed by atoms with Gasteiger partial charge in [-0.3, -0.25) is 4.57 Å². The van der Waals surface area contributed by atoms with Crippen molar-refractivity contribution in [1.82, 2.24) is 4.57 Å². The monoisotopic (exact) mass is 330 g/mol. The Morgan fingerprint density at radius 2 is 2.12 bits per heavy atom. The summed E-state index contributed by atoms with van der Waals surface area (Å²) in [7, 11) is 1.59. The van der Waals surface area contributed by atoms with Crippen LogP contribution in [0.2, 0.25) is 0 Å². The molecule has 0 bridgehead atoms. The fraction of sp³-hybridized carbons (Fsp3) is 0.471. The lowest BCUT2D eigenvalue weighted by Crippen LogP contribution is -2.26. The molecule has 128 valence electrons. The van der Waals surface area contributed by atoms with Crippen molar-refractivity contribution in [2.45, 2.75) is 45.8 Å². The lowest BCUT2D eigenvalue weighted by atomic mass is 10.1. The Hall–Kier alpha value is -2.66. The quantitative estimate of drug-likeness (QED) is 0.463. The van der Waals surface area contributed by atoms with E-state index in [9.17, 15) is 4.79 Å². The van der Waals surface area contributed by atoms with Crippen LogP contribution in [0.4, 0.5) is 4.79 Å². The molecule has 0 N–H and O–H groups in total. The van der Waals surface area contributed by atoms with Crippen LogP contribution in [0.1, 0.15) is 33.3 Å². The minimum atomic E-state index is -0.585. The van der Waals surface area contributed by atoms with E-state index in [1.165, 1.54) is 4.57 Å². The zero-order valence-electron chi connectivity index (χ0n) is 14.6. The molecule has 24 heavy (non-hydrogen) atoms. The Kier molecular flexibility index (Phi) is 5.04. The van der Waals surface area contributed by atoms with Crippen molar-refractivity contribution in [3.05, 3.63) is 40.4 Å². The molecule has 0 aliphatic heterocycles. The molecule has 0 aliphatic carbocycles. The SMILES string of the molecule is COc1ccc2c(c1)c(C[C@H](C)N=[N+]=[N-])cn2C(=O)OC(C)(C)C. The van der Waals surface area contributed by atoms with Crippen molar-refractivity contribution in [1.29, 1.82) is 0 Å². The third kappa shape index (κ3) is 4.00. The molecule has 2 rings (SSSR count). The summed E-state index contributed by atoms with van der Waals surface area (Å²) in [6.07, 6.45) is 1.81. The molecule has 0 aliphatic rings. The van der Waals surface area contributed by atoms with Crippen molar-refractivity contribution >= 4 is 17.0 Å². The van der Waals surface area contributed by atoms with Gasteiger partial charge >= 0.3 is 6.09 Å². The van der Waals surface area contributed by atoms with Crippen molar-refractivity contribution in [3.63, 3.8) is 0 Å². The first-order valence-corrected chi connectivity index (χ1v) is 7.70. The lowest BCUT2D eigenvalue weighted by molar-refractivity contribution is 0.0544. The Labute approximate surface area is 140 Å². The van der Waals surface area contributed by atoms with Crippen LogP contribution >= 0.6 is 0 Å². The van der Waals surface area contributed by atoms with E-state index in [4.69, 9.17) is 15.0 Å². The van der Waals surface area contributed by atoms with E-state index in [0.29, 0.717) is 12.2 Å². The standard InChI is InChI=1S/C17H22N4O3/c1-11(19-20-18)8-12-10-21(16(22)24-17(2,3)4)15-7-6-13(23-5)9-14(12)15/h6-7,9-11H,8H2,1-5H3/t11-/m0/s1. The van der Waals surface area contributed by atoms with Crippen LogP contribution in [-0.2, 0) is 11.2 Å². The van der Waals surface area contributed by atoms with Gasteiger partial charge in [0.1, 0.15) is 11.4 Å². The molecular formula is C17H22N4O3. The maximum Gasteiger partial charge on any atom is 0.419 e. The number of aromatic nitrogens is 1. The van der Waals surface area contributed by atoms with E-state index >= 15 is 0 Å². The first-order chi connectivity index (χ1) is 11.2. The van der Waals surface area contributed by atoms with Crippen molar-refractivity contribution < 1.29 is 14.3 Å². The van der Waals surface area contributed by atoms with E-state index in [2.05, 4.69) is 10.0 Å². The predicted octanol–water partition coefficient (Wildman–Crippen LogP) is 4.67. The molecular weight excluding hydrogens is 308 g/mol. The van der Waals surface area contributed by atoms with Crippen LogP contribution in [0, 0.1) is 0 Å². The minimum Gasteiger partial charge on any atom is -0.497 e. The largest absolute Gasteiger partial charge is 0.497 e. The fourth-order valence-electron chi connectivity index (χ4n) is 2.48. The van der Waals surface area contributed by atoms with Crippen molar-refractivity contribution in [2.75, 3.05) is 7.11 Å². The Balaban J connectivity index is 2.52. The normalized spacial score (nSPS) is 12.5. The van der Waals surface area contributed by atoms with Gasteiger partial charge in [-0.05, 0) is 56.5 Å². The molecule has 0 fully saturated rings. The van der Waals surface area contributed by atoms with Gasteiger partial charge < -0.3 is 9.47 Å². The first kappa shape index (κ1) is 17.7. The molecule has 2 aromatic rings. The number of rotatable bonds is 4. The molecule has 1 aromatic carbocycles. The van der Waals surface area contributed by atoms with Gasteiger partial charge in [0.25, 0.3) is 0 Å². The van der Waals surface area contributed by atoms with Crippen LogP contribution in [0.5, 0.6) is 5.75 Å². The number of hydrogen-bond acceptors (Lipinski definition) is 4. The Morgan fingerprint density at radius 3 is 2.71 bits per heavy atom. The minimum absolute atomic E-state index is 0.223. The number of nitrogens with zero attached hydrogens (tertiary/aromatic N) is 4. The number of methoxy groups -OCH3 is 1. The maximum atomic E-state index is 12.5. The number of hydrogen-bond donors (Lipinski definition) is 0. The van der Waals surface area contributed by atoms with Gasteiger partial charge in [0.15, 0.2) is 0 Å². The summed E-state index contributed by atoms with van der Waals surface area (Å²) < 4.78 is 12.2. The van der Waals surface area contributed by atoms with Crippen LogP contribution in [0.3, 0.4) is 0 Å². The number of azide groups is 1. The highest BCUT2D eigenvalue weighted by atomic mass is 16.6. The van der Waals surface area contributed by atoms with Crippen LogP contribution in [0.15, 0.2) is 29.5 Å². The summed E-state index contributed by atoms with van der Waals surface area (Å²) >= 11 is 0. The molecule has 1 atom stereocenters. The van der Waals surface area contributed by atoms with Gasteiger partial charge in [-0.15, -0.1) is 0 Å². The van der Waals surface area contributed by atoms with E-state index < -0.39 is 11.7 Å². The van der Waals surface area contributed by atoms with Gasteiger partial charge in [-0.1, -0.05) is 12.0 Å². The number of fused-ring (bicyclic) bond motifs is 1. The van der Waals surface area contributed by atoms with E-state index in [1.54, 1.807) is 19.4 Å². The van der Waals surface area contributed by atoms with Gasteiger partial charge in [0.2, 0.25) is 0 Å². The number of benzene rings is 1.